The first kappa shape index (κ1) is 23.3. The molecule has 0 fully saturated rings. The number of nitrogens with zero attached hydrogens (tertiary/aromatic N) is 1. The number of carbonyl (C=O) groups is 2. The van der Waals surface area contributed by atoms with Crippen molar-refractivity contribution in [1.29, 1.82) is 0 Å². The predicted molar refractivity (Wildman–Crippen MR) is 129 cm³/mol. The molecule has 166 valence electrons. The molecule has 1 heterocycles. The second-order valence-electron chi connectivity index (χ2n) is 7.18. The summed E-state index contributed by atoms with van der Waals surface area (Å²) < 4.78 is 8.12. The number of aromatic nitrogens is 1. The van der Waals surface area contributed by atoms with Gasteiger partial charge in [-0.05, 0) is 42.2 Å². The molecule has 2 N–H and O–H groups in total. The second-order valence-corrected chi connectivity index (χ2v) is 7.80. The molecule has 1 unspecified atom stereocenters. The molecule has 0 aliphatic rings. The number of hydrogen-bond acceptors (Lipinski definition) is 6. The third kappa shape index (κ3) is 6.85. The largest absolute Gasteiger partial charge is 0.466 e. The molecule has 0 bridgehead atoms. The molecule has 1 amide bonds. The van der Waals surface area contributed by atoms with Crippen molar-refractivity contribution in [3.63, 3.8) is 0 Å². The van der Waals surface area contributed by atoms with E-state index in [1.165, 1.54) is 18.1 Å². The van der Waals surface area contributed by atoms with E-state index in [9.17, 15) is 9.59 Å². The molecule has 3 rings (SSSR count). The molecule has 1 atom stereocenters. The maximum atomic E-state index is 12.8. The summed E-state index contributed by atoms with van der Waals surface area (Å²) in [6.07, 6.45) is 4.03. The average Bonchev–Trinajstić information content (AvgIpc) is 2.81. The van der Waals surface area contributed by atoms with Gasteiger partial charge in [-0.3, -0.25) is 9.59 Å². The zero-order valence-corrected chi connectivity index (χ0v) is 19.0. The molecule has 2 aromatic carbocycles. The minimum Gasteiger partial charge on any atom is -0.466 e. The Labute approximate surface area is 192 Å². The first-order valence-corrected chi connectivity index (χ1v) is 11.7. The maximum Gasteiger partial charge on any atom is 0.307 e. The van der Waals surface area contributed by atoms with Gasteiger partial charge in [0, 0.05) is 18.5 Å². The van der Waals surface area contributed by atoms with Gasteiger partial charge in [0.2, 0.25) is 0 Å². The smallest absolute Gasteiger partial charge is 0.307 e. The van der Waals surface area contributed by atoms with E-state index in [4.69, 9.17) is 4.74 Å². The van der Waals surface area contributed by atoms with Crippen molar-refractivity contribution in [2.45, 2.75) is 25.8 Å². The quantitative estimate of drug-likeness (QED) is 0.344. The van der Waals surface area contributed by atoms with E-state index in [0.717, 1.165) is 16.7 Å². The Bertz CT molecular complexity index is 1010. The van der Waals surface area contributed by atoms with Crippen molar-refractivity contribution < 1.29 is 14.3 Å². The van der Waals surface area contributed by atoms with Crippen LogP contribution in [-0.2, 0) is 16.0 Å². The second kappa shape index (κ2) is 11.9. The summed E-state index contributed by atoms with van der Waals surface area (Å²) in [5.41, 5.74) is 3.72. The van der Waals surface area contributed by atoms with Crippen LogP contribution in [0.1, 0.15) is 29.3 Å². The number of nitrogens with one attached hydrogen (secondary N) is 2. The van der Waals surface area contributed by atoms with Gasteiger partial charge in [0.25, 0.3) is 5.91 Å². The van der Waals surface area contributed by atoms with E-state index < -0.39 is 6.04 Å². The van der Waals surface area contributed by atoms with Crippen LogP contribution >= 0.6 is 11.9 Å². The molecule has 6 nitrogen and oxygen atoms in total. The fourth-order valence-electron chi connectivity index (χ4n) is 3.31. The van der Waals surface area contributed by atoms with E-state index in [-0.39, 0.29) is 18.3 Å². The summed E-state index contributed by atoms with van der Waals surface area (Å²) in [6.45, 7) is 2.07. The molecule has 3 aromatic rings. The summed E-state index contributed by atoms with van der Waals surface area (Å²) >= 11 is 1.43. The van der Waals surface area contributed by atoms with Gasteiger partial charge in [0.05, 0.1) is 18.6 Å². The Kier molecular flexibility index (Phi) is 8.69. The third-order valence-corrected chi connectivity index (χ3v) is 5.24. The highest BCUT2D eigenvalue weighted by Gasteiger charge is 2.19. The van der Waals surface area contributed by atoms with Crippen LogP contribution in [0.25, 0.3) is 11.1 Å². The zero-order chi connectivity index (χ0) is 22.8. The lowest BCUT2D eigenvalue weighted by atomic mass is 9.99. The molecule has 32 heavy (non-hydrogen) atoms. The zero-order valence-electron chi connectivity index (χ0n) is 18.2. The van der Waals surface area contributed by atoms with Crippen molar-refractivity contribution >= 4 is 29.6 Å². The lowest BCUT2D eigenvalue weighted by molar-refractivity contribution is -0.143. The Morgan fingerprint density at radius 2 is 1.72 bits per heavy atom. The van der Waals surface area contributed by atoms with E-state index in [2.05, 4.69) is 39.3 Å². The van der Waals surface area contributed by atoms with Crippen LogP contribution in [0, 0.1) is 0 Å². The Morgan fingerprint density at radius 1 is 1.00 bits per heavy atom. The van der Waals surface area contributed by atoms with Gasteiger partial charge in [-0.15, -0.1) is 0 Å². The van der Waals surface area contributed by atoms with Crippen LogP contribution in [0.4, 0.5) is 5.82 Å². The molecule has 0 saturated carbocycles. The number of rotatable bonds is 10. The summed E-state index contributed by atoms with van der Waals surface area (Å²) in [7, 11) is 0. The van der Waals surface area contributed by atoms with Crippen LogP contribution in [0.15, 0.2) is 72.9 Å². The average molecular weight is 450 g/mol. The molecule has 0 spiro atoms. The van der Waals surface area contributed by atoms with Gasteiger partial charge >= 0.3 is 5.97 Å². The topological polar surface area (TPSA) is 80.3 Å². The van der Waals surface area contributed by atoms with Crippen molar-refractivity contribution in [1.82, 2.24) is 10.3 Å². The Balaban J connectivity index is 1.70. The number of ether oxygens (including phenoxy) is 1. The summed E-state index contributed by atoms with van der Waals surface area (Å²) in [4.78, 5) is 29.1. The fourth-order valence-corrected chi connectivity index (χ4v) is 3.64. The van der Waals surface area contributed by atoms with Crippen LogP contribution in [-0.4, -0.2) is 35.8 Å². The van der Waals surface area contributed by atoms with Gasteiger partial charge < -0.3 is 14.8 Å². The molecular formula is C25H27N3O3S. The molecule has 7 heteroatoms. The van der Waals surface area contributed by atoms with Gasteiger partial charge in [-0.1, -0.05) is 66.5 Å². The van der Waals surface area contributed by atoms with Gasteiger partial charge in [-0.25, -0.2) is 4.98 Å². The van der Waals surface area contributed by atoms with Gasteiger partial charge in [0.1, 0.15) is 5.82 Å². The SMILES string of the molecule is CCOC(=O)CC(Cc1ccc(-c2ccccc2)cc1)NC(=O)c1ccc(NSC)nc1. The van der Waals surface area contributed by atoms with Gasteiger partial charge in [-0.2, -0.15) is 0 Å². The number of benzene rings is 2. The van der Waals surface area contributed by atoms with Crippen LogP contribution in [0.3, 0.4) is 0 Å². The summed E-state index contributed by atoms with van der Waals surface area (Å²) in [5, 5.41) is 2.96. The number of hydrogen-bond donors (Lipinski definition) is 2. The standard InChI is InChI=1S/C25H27N3O3S/c1-3-31-24(29)16-22(27-25(30)21-13-14-23(26-17-21)28-32-2)15-18-9-11-20(12-10-18)19-7-5-4-6-8-19/h4-14,17,22H,3,15-16H2,1-2H3,(H,26,28)(H,27,30). The Morgan fingerprint density at radius 3 is 2.34 bits per heavy atom. The molecule has 1 aromatic heterocycles. The van der Waals surface area contributed by atoms with E-state index >= 15 is 0 Å². The van der Waals surface area contributed by atoms with Crippen LogP contribution in [0.5, 0.6) is 0 Å². The molecular weight excluding hydrogens is 422 g/mol. The highest BCUT2D eigenvalue weighted by Crippen LogP contribution is 2.20. The van der Waals surface area contributed by atoms with Gasteiger partial charge in [0.15, 0.2) is 0 Å². The lowest BCUT2D eigenvalue weighted by Gasteiger charge is -2.18. The third-order valence-electron chi connectivity index (χ3n) is 4.83. The number of carbonyl (C=O) groups excluding carboxylic acids is 2. The monoisotopic (exact) mass is 449 g/mol. The van der Waals surface area contributed by atoms with E-state index in [1.54, 1.807) is 19.1 Å². The number of amides is 1. The van der Waals surface area contributed by atoms with Crippen molar-refractivity contribution in [3.8, 4) is 11.1 Å². The predicted octanol–water partition coefficient (Wildman–Crippen LogP) is 4.73. The number of esters is 1. The van der Waals surface area contributed by atoms with E-state index in [0.29, 0.717) is 24.4 Å². The van der Waals surface area contributed by atoms with Crippen molar-refractivity contribution in [3.05, 3.63) is 84.1 Å². The normalized spacial score (nSPS) is 11.4. The molecule has 0 radical (unpaired) electrons. The lowest BCUT2D eigenvalue weighted by Crippen LogP contribution is -2.38. The number of pyridine rings is 1. The molecule has 0 aliphatic carbocycles. The van der Waals surface area contributed by atoms with Crippen molar-refractivity contribution in [2.75, 3.05) is 17.6 Å². The molecule has 0 aliphatic heterocycles. The number of anilines is 1. The minimum absolute atomic E-state index is 0.0968. The van der Waals surface area contributed by atoms with Crippen LogP contribution < -0.4 is 10.0 Å². The van der Waals surface area contributed by atoms with Crippen molar-refractivity contribution in [2.24, 2.45) is 0 Å². The highest BCUT2D eigenvalue weighted by atomic mass is 32.2. The summed E-state index contributed by atoms with van der Waals surface area (Å²) in [5.74, 6) is 0.0652. The first-order chi connectivity index (χ1) is 15.6. The fraction of sp³-hybridized carbons (Fsp3) is 0.240. The van der Waals surface area contributed by atoms with Crippen LogP contribution in [0.2, 0.25) is 0 Å². The van der Waals surface area contributed by atoms with E-state index in [1.807, 2.05) is 36.6 Å². The highest BCUT2D eigenvalue weighted by molar-refractivity contribution is 7.99. The minimum atomic E-state index is -0.395. The maximum absolute atomic E-state index is 12.8. The first-order valence-electron chi connectivity index (χ1n) is 10.4. The molecule has 0 saturated heterocycles. The summed E-state index contributed by atoms with van der Waals surface area (Å²) in [6, 6.07) is 21.3. The Hall–Kier alpha value is -3.32.